The summed E-state index contributed by atoms with van der Waals surface area (Å²) in [5.74, 6) is -0.838. The van der Waals surface area contributed by atoms with Gasteiger partial charge in [0, 0.05) is 18.7 Å². The third-order valence-corrected chi connectivity index (χ3v) is 1.67. The van der Waals surface area contributed by atoms with Crippen LogP contribution in [-0.4, -0.2) is 30.7 Å². The molecule has 4 heteroatoms. The van der Waals surface area contributed by atoms with Gasteiger partial charge in [0.15, 0.2) is 0 Å². The van der Waals surface area contributed by atoms with E-state index < -0.39 is 5.97 Å². The average molecular weight is 186 g/mol. The van der Waals surface area contributed by atoms with Crippen molar-refractivity contribution in [1.29, 1.82) is 0 Å². The summed E-state index contributed by atoms with van der Waals surface area (Å²) in [4.78, 5) is 10.4. The van der Waals surface area contributed by atoms with Crippen molar-refractivity contribution in [2.75, 3.05) is 19.6 Å². The molecule has 0 aliphatic rings. The lowest BCUT2D eigenvalue weighted by molar-refractivity contribution is -0.132. The fourth-order valence-electron chi connectivity index (χ4n) is 0.860. The molecule has 0 amide bonds. The molecule has 0 rings (SSSR count). The molecule has 0 aliphatic carbocycles. The van der Waals surface area contributed by atoms with Crippen molar-refractivity contribution < 1.29 is 9.90 Å². The van der Waals surface area contributed by atoms with E-state index in [9.17, 15) is 4.79 Å². The summed E-state index contributed by atoms with van der Waals surface area (Å²) in [5.41, 5.74) is 5.69. The third-order valence-electron chi connectivity index (χ3n) is 1.67. The molecule has 0 radical (unpaired) electrons. The molecule has 0 aromatic rings. The lowest BCUT2D eigenvalue weighted by Gasteiger charge is -2.00. The van der Waals surface area contributed by atoms with Gasteiger partial charge >= 0.3 is 5.97 Å². The molecule has 0 fully saturated rings. The number of rotatable bonds is 7. The molecule has 0 aliphatic heterocycles. The number of aliphatic carboxylic acids is 1. The summed E-state index contributed by atoms with van der Waals surface area (Å²) in [6.07, 6.45) is 3.49. The maximum atomic E-state index is 10.4. The molecular formula is C9H18N2O2. The Kier molecular flexibility index (Phi) is 7.24. The van der Waals surface area contributed by atoms with Gasteiger partial charge < -0.3 is 16.2 Å². The standard InChI is InChI=1S/C9H18N2O2/c1-8(9(12)13)4-2-3-6-11-7-5-10/h4,11H,2-3,5-7,10H2,1H3,(H,12,13). The number of hydrogen-bond acceptors (Lipinski definition) is 3. The van der Waals surface area contributed by atoms with Gasteiger partial charge in [-0.3, -0.25) is 0 Å². The first-order valence-electron chi connectivity index (χ1n) is 4.49. The van der Waals surface area contributed by atoms with Crippen molar-refractivity contribution in [3.8, 4) is 0 Å². The highest BCUT2D eigenvalue weighted by Gasteiger charge is 1.97. The normalized spacial score (nSPS) is 11.7. The molecule has 0 saturated carbocycles. The van der Waals surface area contributed by atoms with Crippen LogP contribution in [-0.2, 0) is 4.79 Å². The van der Waals surface area contributed by atoms with Crippen LogP contribution in [0.5, 0.6) is 0 Å². The van der Waals surface area contributed by atoms with Gasteiger partial charge in [-0.05, 0) is 26.3 Å². The first-order valence-corrected chi connectivity index (χ1v) is 4.49. The van der Waals surface area contributed by atoms with E-state index in [1.54, 1.807) is 13.0 Å². The molecule has 0 bridgehead atoms. The Labute approximate surface area is 78.8 Å². The lowest BCUT2D eigenvalue weighted by Crippen LogP contribution is -2.23. The van der Waals surface area contributed by atoms with Crippen LogP contribution in [0.1, 0.15) is 19.8 Å². The van der Waals surface area contributed by atoms with Crippen LogP contribution in [0.4, 0.5) is 0 Å². The van der Waals surface area contributed by atoms with Crippen molar-refractivity contribution in [2.45, 2.75) is 19.8 Å². The van der Waals surface area contributed by atoms with E-state index in [4.69, 9.17) is 10.8 Å². The van der Waals surface area contributed by atoms with Gasteiger partial charge in [0.05, 0.1) is 0 Å². The molecule has 4 nitrogen and oxygen atoms in total. The zero-order valence-electron chi connectivity index (χ0n) is 8.05. The quantitative estimate of drug-likeness (QED) is 0.396. The second-order valence-electron chi connectivity index (χ2n) is 2.87. The van der Waals surface area contributed by atoms with Crippen molar-refractivity contribution in [3.63, 3.8) is 0 Å². The molecule has 0 saturated heterocycles. The second-order valence-corrected chi connectivity index (χ2v) is 2.87. The molecule has 0 spiro atoms. The van der Waals surface area contributed by atoms with Crippen molar-refractivity contribution in [3.05, 3.63) is 11.6 Å². The van der Waals surface area contributed by atoms with Crippen molar-refractivity contribution >= 4 is 5.97 Å². The van der Waals surface area contributed by atoms with Gasteiger partial charge in [-0.2, -0.15) is 0 Å². The first-order chi connectivity index (χ1) is 6.18. The molecule has 13 heavy (non-hydrogen) atoms. The molecular weight excluding hydrogens is 168 g/mol. The summed E-state index contributed by atoms with van der Waals surface area (Å²) in [6.45, 7) is 3.96. The summed E-state index contributed by atoms with van der Waals surface area (Å²) in [5, 5.41) is 11.7. The number of unbranched alkanes of at least 4 members (excludes halogenated alkanes) is 1. The number of allylic oxidation sites excluding steroid dienone is 1. The van der Waals surface area contributed by atoms with Gasteiger partial charge in [-0.25, -0.2) is 4.79 Å². The predicted molar refractivity (Wildman–Crippen MR) is 52.6 cm³/mol. The van der Waals surface area contributed by atoms with Gasteiger partial charge in [0.2, 0.25) is 0 Å². The Hall–Kier alpha value is -0.870. The minimum atomic E-state index is -0.838. The zero-order chi connectivity index (χ0) is 10.1. The van der Waals surface area contributed by atoms with E-state index >= 15 is 0 Å². The summed E-state index contributed by atoms with van der Waals surface area (Å²) < 4.78 is 0. The zero-order valence-corrected chi connectivity index (χ0v) is 8.05. The Morgan fingerprint density at radius 2 is 2.23 bits per heavy atom. The van der Waals surface area contributed by atoms with E-state index in [1.807, 2.05) is 0 Å². The Morgan fingerprint density at radius 1 is 1.54 bits per heavy atom. The SMILES string of the molecule is CC(=CCCCNCCN)C(=O)O. The highest BCUT2D eigenvalue weighted by Crippen LogP contribution is 1.97. The first kappa shape index (κ1) is 12.1. The van der Waals surface area contributed by atoms with Crippen LogP contribution in [0.2, 0.25) is 0 Å². The molecule has 0 heterocycles. The molecule has 0 aromatic heterocycles. The summed E-state index contributed by atoms with van der Waals surface area (Å²) in [6, 6.07) is 0. The van der Waals surface area contributed by atoms with Gasteiger partial charge in [0.1, 0.15) is 0 Å². The Balaban J connectivity index is 3.34. The van der Waals surface area contributed by atoms with E-state index in [-0.39, 0.29) is 0 Å². The number of nitrogens with two attached hydrogens (primary N) is 1. The number of carbonyl (C=O) groups is 1. The maximum Gasteiger partial charge on any atom is 0.330 e. The monoisotopic (exact) mass is 186 g/mol. The second kappa shape index (κ2) is 7.76. The molecule has 76 valence electrons. The Morgan fingerprint density at radius 3 is 2.77 bits per heavy atom. The fourth-order valence-corrected chi connectivity index (χ4v) is 0.860. The van der Waals surface area contributed by atoms with Gasteiger partial charge in [-0.1, -0.05) is 6.08 Å². The maximum absolute atomic E-state index is 10.4. The minimum Gasteiger partial charge on any atom is -0.478 e. The van der Waals surface area contributed by atoms with E-state index in [1.165, 1.54) is 0 Å². The highest BCUT2D eigenvalue weighted by atomic mass is 16.4. The Bertz CT molecular complexity index is 178. The van der Waals surface area contributed by atoms with Crippen molar-refractivity contribution in [2.24, 2.45) is 5.73 Å². The lowest BCUT2D eigenvalue weighted by atomic mass is 10.2. The minimum absolute atomic E-state index is 0.416. The van der Waals surface area contributed by atoms with E-state index in [0.717, 1.165) is 25.9 Å². The average Bonchev–Trinajstić information content (AvgIpc) is 2.10. The van der Waals surface area contributed by atoms with Crippen LogP contribution in [0.25, 0.3) is 0 Å². The summed E-state index contributed by atoms with van der Waals surface area (Å²) >= 11 is 0. The van der Waals surface area contributed by atoms with E-state index in [0.29, 0.717) is 12.1 Å². The van der Waals surface area contributed by atoms with Crippen molar-refractivity contribution in [1.82, 2.24) is 5.32 Å². The smallest absolute Gasteiger partial charge is 0.330 e. The largest absolute Gasteiger partial charge is 0.478 e. The molecule has 0 atom stereocenters. The fraction of sp³-hybridized carbons (Fsp3) is 0.667. The van der Waals surface area contributed by atoms with Crippen LogP contribution < -0.4 is 11.1 Å². The third kappa shape index (κ3) is 7.49. The molecule has 0 unspecified atom stereocenters. The van der Waals surface area contributed by atoms with Crippen LogP contribution in [0.3, 0.4) is 0 Å². The van der Waals surface area contributed by atoms with Crippen LogP contribution in [0.15, 0.2) is 11.6 Å². The predicted octanol–water partition coefficient (Wildman–Crippen LogP) is 0.346. The van der Waals surface area contributed by atoms with Gasteiger partial charge in [-0.15, -0.1) is 0 Å². The topological polar surface area (TPSA) is 75.3 Å². The van der Waals surface area contributed by atoms with Crippen LogP contribution >= 0.6 is 0 Å². The van der Waals surface area contributed by atoms with Gasteiger partial charge in [0.25, 0.3) is 0 Å². The number of nitrogens with one attached hydrogen (secondary N) is 1. The molecule has 4 N–H and O–H groups in total. The highest BCUT2D eigenvalue weighted by molar-refractivity contribution is 5.85. The van der Waals surface area contributed by atoms with E-state index in [2.05, 4.69) is 5.32 Å². The molecule has 0 aromatic carbocycles. The van der Waals surface area contributed by atoms with Crippen LogP contribution in [0, 0.1) is 0 Å². The number of carboxylic acids is 1. The number of carboxylic acid groups (broad SMARTS) is 1. The summed E-state index contributed by atoms with van der Waals surface area (Å²) in [7, 11) is 0. The number of hydrogen-bond donors (Lipinski definition) is 3.